The molecule has 1 amide bonds. The number of rotatable bonds is 5. The molecular formula is C12H18N2OS. The molecule has 0 heterocycles. The molecule has 0 aliphatic heterocycles. The van der Waals surface area contributed by atoms with Crippen molar-refractivity contribution in [3.63, 3.8) is 0 Å². The zero-order chi connectivity index (χ0) is 12.0. The number of hydrogen-bond donors (Lipinski definition) is 2. The Hall–Kier alpha value is -1.16. The summed E-state index contributed by atoms with van der Waals surface area (Å²) in [5.41, 5.74) is 2.67. The first-order chi connectivity index (χ1) is 7.69. The van der Waals surface area contributed by atoms with E-state index >= 15 is 0 Å². The van der Waals surface area contributed by atoms with E-state index in [-0.39, 0.29) is 5.91 Å². The minimum Gasteiger partial charge on any atom is -0.387 e. The third-order valence-electron chi connectivity index (χ3n) is 2.28. The van der Waals surface area contributed by atoms with Crippen LogP contribution in [0.5, 0.6) is 0 Å². The van der Waals surface area contributed by atoms with Crippen LogP contribution in [0.1, 0.15) is 15.9 Å². The molecule has 0 aromatic heterocycles. The summed E-state index contributed by atoms with van der Waals surface area (Å²) in [5, 5.41) is 5.93. The monoisotopic (exact) mass is 238 g/mol. The molecular weight excluding hydrogens is 220 g/mol. The van der Waals surface area contributed by atoms with Crippen LogP contribution in [0.3, 0.4) is 0 Å². The Morgan fingerprint density at radius 3 is 2.81 bits per heavy atom. The molecule has 0 aliphatic rings. The first-order valence-electron chi connectivity index (χ1n) is 5.24. The Morgan fingerprint density at radius 1 is 1.44 bits per heavy atom. The Bertz CT molecular complexity index is 366. The Balaban J connectivity index is 2.76. The molecule has 0 saturated carbocycles. The Morgan fingerprint density at radius 2 is 2.19 bits per heavy atom. The van der Waals surface area contributed by atoms with E-state index in [0.29, 0.717) is 12.1 Å². The molecule has 0 unspecified atom stereocenters. The van der Waals surface area contributed by atoms with E-state index in [1.165, 1.54) is 0 Å². The van der Waals surface area contributed by atoms with Gasteiger partial charge in [0.1, 0.15) is 0 Å². The molecule has 16 heavy (non-hydrogen) atoms. The summed E-state index contributed by atoms with van der Waals surface area (Å²) >= 11 is 1.72. The van der Waals surface area contributed by atoms with Crippen molar-refractivity contribution >= 4 is 23.4 Å². The molecule has 0 aliphatic carbocycles. The van der Waals surface area contributed by atoms with Gasteiger partial charge in [-0.15, -0.1) is 0 Å². The maximum atomic E-state index is 11.9. The SMILES string of the molecule is CNc1ccc(C)cc1C(=O)NCCSC. The quantitative estimate of drug-likeness (QED) is 0.772. The van der Waals surface area contributed by atoms with Crippen molar-refractivity contribution in [3.8, 4) is 0 Å². The van der Waals surface area contributed by atoms with Gasteiger partial charge in [0.25, 0.3) is 5.91 Å². The molecule has 1 aromatic rings. The highest BCUT2D eigenvalue weighted by molar-refractivity contribution is 7.98. The highest BCUT2D eigenvalue weighted by Gasteiger charge is 2.09. The largest absolute Gasteiger partial charge is 0.387 e. The summed E-state index contributed by atoms with van der Waals surface area (Å²) in [5.74, 6) is 0.925. The fourth-order valence-electron chi connectivity index (χ4n) is 1.43. The minimum atomic E-state index is -0.0119. The number of aryl methyl sites for hydroxylation is 1. The van der Waals surface area contributed by atoms with Crippen LogP contribution >= 0.6 is 11.8 Å². The maximum absolute atomic E-state index is 11.9. The third-order valence-corrected chi connectivity index (χ3v) is 2.89. The van der Waals surface area contributed by atoms with Crippen molar-refractivity contribution in [3.05, 3.63) is 29.3 Å². The van der Waals surface area contributed by atoms with Crippen LogP contribution in [-0.2, 0) is 0 Å². The lowest BCUT2D eigenvalue weighted by Gasteiger charge is -2.10. The second-order valence-corrected chi connectivity index (χ2v) is 4.53. The molecule has 3 nitrogen and oxygen atoms in total. The Labute approximate surface area is 101 Å². The number of nitrogens with one attached hydrogen (secondary N) is 2. The van der Waals surface area contributed by atoms with Crippen LogP contribution < -0.4 is 10.6 Å². The molecule has 0 atom stereocenters. The first-order valence-corrected chi connectivity index (χ1v) is 6.64. The lowest BCUT2D eigenvalue weighted by Crippen LogP contribution is -2.26. The maximum Gasteiger partial charge on any atom is 0.253 e. The molecule has 2 N–H and O–H groups in total. The summed E-state index contributed by atoms with van der Waals surface area (Å²) in [4.78, 5) is 11.9. The van der Waals surface area contributed by atoms with Gasteiger partial charge >= 0.3 is 0 Å². The standard InChI is InChI=1S/C12H18N2OS/c1-9-4-5-11(13-2)10(8-9)12(15)14-6-7-16-3/h4-5,8,13H,6-7H2,1-3H3,(H,14,15). The summed E-state index contributed by atoms with van der Waals surface area (Å²) < 4.78 is 0. The van der Waals surface area contributed by atoms with Gasteiger partial charge in [0.2, 0.25) is 0 Å². The first kappa shape index (κ1) is 12.9. The lowest BCUT2D eigenvalue weighted by molar-refractivity contribution is 0.0957. The minimum absolute atomic E-state index is 0.0119. The molecule has 0 bridgehead atoms. The van der Waals surface area contributed by atoms with Crippen LogP contribution in [0, 0.1) is 6.92 Å². The third kappa shape index (κ3) is 3.45. The van der Waals surface area contributed by atoms with E-state index in [9.17, 15) is 4.79 Å². The van der Waals surface area contributed by atoms with Gasteiger partial charge in [-0.1, -0.05) is 11.6 Å². The molecule has 0 saturated heterocycles. The number of hydrogen-bond acceptors (Lipinski definition) is 3. The van der Waals surface area contributed by atoms with E-state index in [4.69, 9.17) is 0 Å². The zero-order valence-corrected chi connectivity index (χ0v) is 10.8. The van der Waals surface area contributed by atoms with Crippen molar-refractivity contribution in [2.24, 2.45) is 0 Å². The van der Waals surface area contributed by atoms with Crippen molar-refractivity contribution in [1.82, 2.24) is 5.32 Å². The van der Waals surface area contributed by atoms with E-state index in [1.54, 1.807) is 11.8 Å². The van der Waals surface area contributed by atoms with Crippen molar-refractivity contribution in [1.29, 1.82) is 0 Å². The van der Waals surface area contributed by atoms with E-state index < -0.39 is 0 Å². The zero-order valence-electron chi connectivity index (χ0n) is 9.96. The molecule has 88 valence electrons. The second kappa shape index (κ2) is 6.43. The van der Waals surface area contributed by atoms with Gasteiger partial charge in [-0.25, -0.2) is 0 Å². The van der Waals surface area contributed by atoms with Crippen LogP contribution in [-0.4, -0.2) is 31.5 Å². The second-order valence-electron chi connectivity index (χ2n) is 3.55. The summed E-state index contributed by atoms with van der Waals surface area (Å²) in [6, 6.07) is 5.82. The summed E-state index contributed by atoms with van der Waals surface area (Å²) in [6.07, 6.45) is 2.03. The topological polar surface area (TPSA) is 41.1 Å². The van der Waals surface area contributed by atoms with Crippen LogP contribution in [0.15, 0.2) is 18.2 Å². The molecule has 0 radical (unpaired) electrons. The van der Waals surface area contributed by atoms with Gasteiger partial charge in [-0.3, -0.25) is 4.79 Å². The van der Waals surface area contributed by atoms with Gasteiger partial charge in [0.05, 0.1) is 5.56 Å². The van der Waals surface area contributed by atoms with Crippen LogP contribution in [0.4, 0.5) is 5.69 Å². The number of benzene rings is 1. The van der Waals surface area contributed by atoms with Gasteiger partial charge in [0, 0.05) is 25.0 Å². The van der Waals surface area contributed by atoms with Crippen LogP contribution in [0.25, 0.3) is 0 Å². The molecule has 1 rings (SSSR count). The van der Waals surface area contributed by atoms with Gasteiger partial charge < -0.3 is 10.6 Å². The van der Waals surface area contributed by atoms with E-state index in [0.717, 1.165) is 17.0 Å². The fourth-order valence-corrected chi connectivity index (χ4v) is 1.73. The molecule has 0 fully saturated rings. The predicted octanol–water partition coefficient (Wildman–Crippen LogP) is 2.13. The molecule has 0 spiro atoms. The number of amides is 1. The number of anilines is 1. The smallest absolute Gasteiger partial charge is 0.253 e. The fraction of sp³-hybridized carbons (Fsp3) is 0.417. The summed E-state index contributed by atoms with van der Waals surface area (Å²) in [7, 11) is 1.82. The average molecular weight is 238 g/mol. The van der Waals surface area contributed by atoms with Crippen LogP contribution in [0.2, 0.25) is 0 Å². The van der Waals surface area contributed by atoms with Gasteiger partial charge in [0.15, 0.2) is 0 Å². The number of carbonyl (C=O) groups is 1. The van der Waals surface area contributed by atoms with Gasteiger partial charge in [-0.2, -0.15) is 11.8 Å². The highest BCUT2D eigenvalue weighted by Crippen LogP contribution is 2.16. The normalized spacial score (nSPS) is 9.94. The number of carbonyl (C=O) groups excluding carboxylic acids is 1. The lowest BCUT2D eigenvalue weighted by atomic mass is 10.1. The highest BCUT2D eigenvalue weighted by atomic mass is 32.2. The average Bonchev–Trinajstić information content (AvgIpc) is 2.29. The van der Waals surface area contributed by atoms with Crippen molar-refractivity contribution in [2.75, 3.05) is 30.9 Å². The van der Waals surface area contributed by atoms with Gasteiger partial charge in [-0.05, 0) is 25.3 Å². The van der Waals surface area contributed by atoms with E-state index in [2.05, 4.69) is 10.6 Å². The van der Waals surface area contributed by atoms with E-state index in [1.807, 2.05) is 38.4 Å². The van der Waals surface area contributed by atoms with Crippen molar-refractivity contribution in [2.45, 2.75) is 6.92 Å². The predicted molar refractivity (Wildman–Crippen MR) is 71.4 cm³/mol. The number of thioether (sulfide) groups is 1. The molecule has 1 aromatic carbocycles. The molecule has 4 heteroatoms. The Kier molecular flexibility index (Phi) is 5.19. The van der Waals surface area contributed by atoms with Crippen molar-refractivity contribution < 1.29 is 4.79 Å². The summed E-state index contributed by atoms with van der Waals surface area (Å²) in [6.45, 7) is 2.69.